The van der Waals surface area contributed by atoms with Crippen LogP contribution in [0.15, 0.2) is 0 Å². The van der Waals surface area contributed by atoms with Crippen LogP contribution in [0, 0.1) is 0 Å². The van der Waals surface area contributed by atoms with Crippen LogP contribution >= 0.6 is 8.25 Å². The monoisotopic (exact) mass is 196 g/mol. The lowest BCUT2D eigenvalue weighted by atomic mass is 10.2. The van der Waals surface area contributed by atoms with Crippen LogP contribution in [0.5, 0.6) is 0 Å². The van der Waals surface area contributed by atoms with Crippen LogP contribution in [-0.4, -0.2) is 30.3 Å². The minimum Gasteiger partial charge on any atom is -0.480 e. The van der Waals surface area contributed by atoms with Crippen LogP contribution in [0.2, 0.25) is 0 Å². The van der Waals surface area contributed by atoms with Crippen molar-refractivity contribution in [3.05, 3.63) is 0 Å². The number of rotatable bonds is 5. The Balaban J connectivity index is 3.94. The fourth-order valence-corrected chi connectivity index (χ4v) is 0.934. The number of carboxylic acid groups (broad SMARTS) is 1. The molecule has 0 rings (SSSR count). The van der Waals surface area contributed by atoms with Gasteiger partial charge < -0.3 is 10.8 Å². The van der Waals surface area contributed by atoms with E-state index < -0.39 is 26.4 Å². The Bertz CT molecular complexity index is 185. The summed E-state index contributed by atoms with van der Waals surface area (Å²) in [6.07, 6.45) is -0.842. The lowest BCUT2D eigenvalue weighted by molar-refractivity contribution is -0.140. The Morgan fingerprint density at radius 3 is 2.50 bits per heavy atom. The van der Waals surface area contributed by atoms with Crippen molar-refractivity contribution in [2.24, 2.45) is 5.73 Å². The van der Waals surface area contributed by atoms with E-state index in [9.17, 15) is 9.36 Å². The Labute approximate surface area is 70.6 Å². The van der Waals surface area contributed by atoms with E-state index in [0.717, 1.165) is 0 Å². The molecule has 3 atom stereocenters. The highest BCUT2D eigenvalue weighted by atomic mass is 31.1. The van der Waals surface area contributed by atoms with Crippen molar-refractivity contribution in [2.45, 2.75) is 19.1 Å². The van der Waals surface area contributed by atoms with Gasteiger partial charge in [0.1, 0.15) is 12.1 Å². The summed E-state index contributed by atoms with van der Waals surface area (Å²) < 4.78 is 19.5. The molecule has 6 nitrogen and oxygen atoms in total. The normalized spacial score (nSPS) is 16.8. The molecule has 0 spiro atoms. The predicted octanol–water partition coefficient (Wildman–Crippen LogP) is 0.107. The second kappa shape index (κ2) is 5.16. The molecule has 0 saturated heterocycles. The highest BCUT2D eigenvalue weighted by molar-refractivity contribution is 7.33. The molecule has 0 aromatic rings. The SMILES string of the molecule is CO[P+](=O)O[C@H](C)[C@H](N)C(=O)O. The van der Waals surface area contributed by atoms with E-state index in [1.54, 1.807) is 0 Å². The summed E-state index contributed by atoms with van der Waals surface area (Å²) in [5.74, 6) is -1.21. The number of carboxylic acids is 1. The maximum absolute atomic E-state index is 10.6. The number of hydrogen-bond donors (Lipinski definition) is 2. The standard InChI is InChI=1S/C5H10NO5P/c1-3(4(6)5(7)8)11-12(9)10-2/h3-4H,6H2,1-2H3/p+1/t3-,4+/m1/s1. The van der Waals surface area contributed by atoms with E-state index >= 15 is 0 Å². The van der Waals surface area contributed by atoms with Crippen LogP contribution in [0.4, 0.5) is 0 Å². The number of nitrogens with two attached hydrogens (primary N) is 1. The van der Waals surface area contributed by atoms with Gasteiger partial charge in [-0.25, -0.2) is 0 Å². The van der Waals surface area contributed by atoms with Crippen LogP contribution in [0.3, 0.4) is 0 Å². The Morgan fingerprint density at radius 1 is 1.67 bits per heavy atom. The number of hydrogen-bond acceptors (Lipinski definition) is 5. The molecule has 3 N–H and O–H groups in total. The second-order valence-electron chi connectivity index (χ2n) is 2.08. The van der Waals surface area contributed by atoms with Gasteiger partial charge in [-0.3, -0.25) is 4.79 Å². The van der Waals surface area contributed by atoms with Gasteiger partial charge in [-0.1, -0.05) is 0 Å². The van der Waals surface area contributed by atoms with Crippen LogP contribution < -0.4 is 5.73 Å². The van der Waals surface area contributed by atoms with Gasteiger partial charge in [0.25, 0.3) is 0 Å². The van der Waals surface area contributed by atoms with Crippen molar-refractivity contribution in [1.29, 1.82) is 0 Å². The summed E-state index contributed by atoms with van der Waals surface area (Å²) >= 11 is 0. The molecule has 12 heavy (non-hydrogen) atoms. The van der Waals surface area contributed by atoms with Crippen molar-refractivity contribution in [3.63, 3.8) is 0 Å². The predicted molar refractivity (Wildman–Crippen MR) is 40.8 cm³/mol. The van der Waals surface area contributed by atoms with Gasteiger partial charge in [0.15, 0.2) is 0 Å². The molecule has 0 aromatic carbocycles. The fourth-order valence-electron chi connectivity index (χ4n) is 0.445. The van der Waals surface area contributed by atoms with Crippen LogP contribution in [0.1, 0.15) is 6.92 Å². The van der Waals surface area contributed by atoms with Crippen molar-refractivity contribution < 1.29 is 23.5 Å². The molecular weight excluding hydrogens is 185 g/mol. The zero-order chi connectivity index (χ0) is 9.72. The van der Waals surface area contributed by atoms with E-state index in [1.807, 2.05) is 0 Å². The Kier molecular flexibility index (Phi) is 4.92. The highest BCUT2D eigenvalue weighted by Gasteiger charge is 2.30. The molecule has 0 fully saturated rings. The smallest absolute Gasteiger partial charge is 0.480 e. The molecule has 0 amide bonds. The largest absolute Gasteiger partial charge is 0.697 e. The molecule has 0 aromatic heterocycles. The first kappa shape index (κ1) is 11.4. The van der Waals surface area contributed by atoms with Gasteiger partial charge in [0, 0.05) is 4.57 Å². The van der Waals surface area contributed by atoms with Crippen molar-refractivity contribution >= 4 is 14.2 Å². The molecule has 0 bridgehead atoms. The molecule has 70 valence electrons. The molecule has 0 aliphatic carbocycles. The highest BCUT2D eigenvalue weighted by Crippen LogP contribution is 2.24. The summed E-state index contributed by atoms with van der Waals surface area (Å²) in [5.41, 5.74) is 5.15. The summed E-state index contributed by atoms with van der Waals surface area (Å²) in [5, 5.41) is 8.40. The third kappa shape index (κ3) is 3.73. The van der Waals surface area contributed by atoms with Crippen molar-refractivity contribution in [2.75, 3.05) is 7.11 Å². The van der Waals surface area contributed by atoms with E-state index in [0.29, 0.717) is 0 Å². The maximum atomic E-state index is 10.6. The zero-order valence-electron chi connectivity index (χ0n) is 6.76. The first-order chi connectivity index (χ1) is 5.49. The summed E-state index contributed by atoms with van der Waals surface area (Å²) in [6.45, 7) is 1.41. The molecule has 1 unspecified atom stereocenters. The molecule has 0 saturated carbocycles. The lowest BCUT2D eigenvalue weighted by Crippen LogP contribution is -2.40. The van der Waals surface area contributed by atoms with Gasteiger partial charge in [-0.2, -0.15) is 0 Å². The van der Waals surface area contributed by atoms with E-state index in [2.05, 4.69) is 9.05 Å². The second-order valence-corrected chi connectivity index (χ2v) is 3.10. The molecule has 0 aliphatic rings. The van der Waals surface area contributed by atoms with Gasteiger partial charge in [0.2, 0.25) is 0 Å². The molecule has 0 heterocycles. The average Bonchev–Trinajstić information content (AvgIpc) is 2.02. The van der Waals surface area contributed by atoms with Crippen molar-refractivity contribution in [1.82, 2.24) is 0 Å². The van der Waals surface area contributed by atoms with E-state index in [1.165, 1.54) is 14.0 Å². The third-order valence-electron chi connectivity index (χ3n) is 1.19. The van der Waals surface area contributed by atoms with Gasteiger partial charge in [-0.15, -0.1) is 9.05 Å². The molecule has 7 heteroatoms. The van der Waals surface area contributed by atoms with E-state index in [4.69, 9.17) is 10.8 Å². The van der Waals surface area contributed by atoms with Crippen LogP contribution in [-0.2, 0) is 18.4 Å². The number of carbonyl (C=O) groups is 1. The maximum Gasteiger partial charge on any atom is 0.697 e. The summed E-state index contributed by atoms with van der Waals surface area (Å²) in [4.78, 5) is 10.3. The quantitative estimate of drug-likeness (QED) is 0.605. The topological polar surface area (TPSA) is 98.9 Å². The minimum absolute atomic E-state index is 0.842. The summed E-state index contributed by atoms with van der Waals surface area (Å²) in [6, 6.07) is -1.20. The van der Waals surface area contributed by atoms with Gasteiger partial charge in [0.05, 0.1) is 7.11 Å². The third-order valence-corrected chi connectivity index (χ3v) is 2.00. The first-order valence-electron chi connectivity index (χ1n) is 3.15. The average molecular weight is 196 g/mol. The van der Waals surface area contributed by atoms with Gasteiger partial charge in [-0.05, 0) is 6.92 Å². The Hall–Kier alpha value is -0.550. The van der Waals surface area contributed by atoms with Crippen LogP contribution in [0.25, 0.3) is 0 Å². The molecular formula is C5H11NO5P+. The fraction of sp³-hybridized carbons (Fsp3) is 0.800. The zero-order valence-corrected chi connectivity index (χ0v) is 7.65. The summed E-state index contributed by atoms with van der Waals surface area (Å²) in [7, 11) is -1.08. The number of aliphatic carboxylic acids is 1. The molecule has 0 radical (unpaired) electrons. The minimum atomic E-state index is -2.27. The van der Waals surface area contributed by atoms with Crippen molar-refractivity contribution in [3.8, 4) is 0 Å². The lowest BCUT2D eigenvalue weighted by Gasteiger charge is -2.08. The van der Waals surface area contributed by atoms with Gasteiger partial charge >= 0.3 is 14.2 Å². The van der Waals surface area contributed by atoms with E-state index in [-0.39, 0.29) is 0 Å². The Morgan fingerprint density at radius 2 is 2.17 bits per heavy atom. The first-order valence-corrected chi connectivity index (χ1v) is 4.25. The molecule has 0 aliphatic heterocycles.